The Hall–Kier alpha value is -1.54. The second-order valence-corrected chi connectivity index (χ2v) is 4.41. The van der Waals surface area contributed by atoms with Gasteiger partial charge in [-0.05, 0) is 13.0 Å². The van der Waals surface area contributed by atoms with Gasteiger partial charge in [0.05, 0.1) is 11.9 Å². The van der Waals surface area contributed by atoms with E-state index in [9.17, 15) is 13.2 Å². The third kappa shape index (κ3) is 4.21. The van der Waals surface area contributed by atoms with Gasteiger partial charge in [0.25, 0.3) is 0 Å². The van der Waals surface area contributed by atoms with Gasteiger partial charge in [0.15, 0.2) is 0 Å². The zero-order valence-corrected chi connectivity index (χ0v) is 12.5. The van der Waals surface area contributed by atoms with E-state index in [0.29, 0.717) is 6.54 Å². The molecule has 1 N–H and O–H groups in total. The summed E-state index contributed by atoms with van der Waals surface area (Å²) in [5.74, 6) is 0. The first-order valence-corrected chi connectivity index (χ1v) is 6.23. The van der Waals surface area contributed by atoms with Gasteiger partial charge >= 0.3 is 6.18 Å². The molecule has 0 amide bonds. The second kappa shape index (κ2) is 6.95. The van der Waals surface area contributed by atoms with Gasteiger partial charge in [-0.2, -0.15) is 23.4 Å². The molecule has 21 heavy (non-hydrogen) atoms. The molecule has 2 aromatic heterocycles. The van der Waals surface area contributed by atoms with Crippen molar-refractivity contribution in [2.24, 2.45) is 7.05 Å². The molecule has 0 atom stereocenters. The maximum atomic E-state index is 12.8. The molecule has 118 valence electrons. The topological polar surface area (TPSA) is 47.7 Å². The van der Waals surface area contributed by atoms with E-state index in [4.69, 9.17) is 0 Å². The van der Waals surface area contributed by atoms with Crippen molar-refractivity contribution in [3.63, 3.8) is 0 Å². The van der Waals surface area contributed by atoms with Gasteiger partial charge in [-0.3, -0.25) is 9.36 Å². The lowest BCUT2D eigenvalue weighted by Crippen LogP contribution is -2.19. The molecule has 0 aliphatic carbocycles. The molecule has 5 nitrogen and oxygen atoms in total. The van der Waals surface area contributed by atoms with Gasteiger partial charge in [-0.15, -0.1) is 12.4 Å². The molecule has 0 aliphatic heterocycles. The highest BCUT2D eigenvalue weighted by atomic mass is 35.5. The maximum absolute atomic E-state index is 12.8. The average molecular weight is 324 g/mol. The third-order valence-electron chi connectivity index (χ3n) is 2.92. The van der Waals surface area contributed by atoms with E-state index >= 15 is 0 Å². The lowest BCUT2D eigenvalue weighted by atomic mass is 10.2. The van der Waals surface area contributed by atoms with Crippen molar-refractivity contribution >= 4 is 12.4 Å². The molecule has 0 unspecified atom stereocenters. The number of halogens is 4. The number of rotatable bonds is 5. The predicted octanol–water partition coefficient (Wildman–Crippen LogP) is 2.37. The Labute approximate surface area is 126 Å². The van der Waals surface area contributed by atoms with Crippen molar-refractivity contribution in [3.8, 4) is 0 Å². The van der Waals surface area contributed by atoms with Crippen LogP contribution >= 0.6 is 12.4 Å². The first kappa shape index (κ1) is 17.5. The molecule has 2 rings (SSSR count). The lowest BCUT2D eigenvalue weighted by molar-refractivity contribution is -0.144. The lowest BCUT2D eigenvalue weighted by Gasteiger charge is -2.10. The molecule has 9 heteroatoms. The van der Waals surface area contributed by atoms with Crippen LogP contribution in [-0.4, -0.2) is 19.6 Å². The van der Waals surface area contributed by atoms with Crippen LogP contribution in [0.5, 0.6) is 0 Å². The molecular weight excluding hydrogens is 307 g/mol. The van der Waals surface area contributed by atoms with Crippen molar-refractivity contribution in [1.29, 1.82) is 0 Å². The Balaban J connectivity index is 0.00000220. The molecule has 0 bridgehead atoms. The minimum absolute atomic E-state index is 0. The highest BCUT2D eigenvalue weighted by molar-refractivity contribution is 5.85. The molecule has 0 saturated heterocycles. The largest absolute Gasteiger partial charge is 0.433 e. The van der Waals surface area contributed by atoms with E-state index in [2.05, 4.69) is 15.5 Å². The number of aromatic nitrogens is 4. The van der Waals surface area contributed by atoms with Crippen LogP contribution in [0.4, 0.5) is 13.2 Å². The first-order chi connectivity index (χ1) is 9.41. The number of hydrogen-bond acceptors (Lipinski definition) is 3. The van der Waals surface area contributed by atoms with Crippen LogP contribution in [0, 0.1) is 0 Å². The number of hydrogen-bond donors (Lipinski definition) is 1. The molecule has 0 spiro atoms. The molecule has 2 aromatic rings. The summed E-state index contributed by atoms with van der Waals surface area (Å²) in [6, 6.07) is 1.84. The van der Waals surface area contributed by atoms with Gasteiger partial charge in [-0.25, -0.2) is 0 Å². The highest BCUT2D eigenvalue weighted by Crippen LogP contribution is 2.31. The number of nitrogens with one attached hydrogen (secondary N) is 1. The van der Waals surface area contributed by atoms with E-state index in [0.717, 1.165) is 16.9 Å². The van der Waals surface area contributed by atoms with Crippen molar-refractivity contribution in [2.75, 3.05) is 0 Å². The molecule has 0 radical (unpaired) electrons. The Morgan fingerprint density at radius 1 is 1.29 bits per heavy atom. The van der Waals surface area contributed by atoms with Gasteiger partial charge in [0.1, 0.15) is 5.69 Å². The Morgan fingerprint density at radius 3 is 2.57 bits per heavy atom. The molecule has 0 aromatic carbocycles. The number of nitrogens with zero attached hydrogens (tertiary/aromatic N) is 4. The van der Waals surface area contributed by atoms with E-state index < -0.39 is 11.9 Å². The van der Waals surface area contributed by atoms with Crippen molar-refractivity contribution < 1.29 is 13.2 Å². The molecule has 0 aliphatic rings. The van der Waals surface area contributed by atoms with E-state index in [-0.39, 0.29) is 24.5 Å². The molecule has 0 fully saturated rings. The summed E-state index contributed by atoms with van der Waals surface area (Å²) in [6.07, 6.45) is -1.32. The van der Waals surface area contributed by atoms with Crippen LogP contribution in [0.25, 0.3) is 0 Å². The fraction of sp³-hybridized carbons (Fsp3) is 0.500. The highest BCUT2D eigenvalue weighted by Gasteiger charge is 2.36. The summed E-state index contributed by atoms with van der Waals surface area (Å²) in [5.41, 5.74) is 0.211. The second-order valence-electron chi connectivity index (χ2n) is 4.41. The first-order valence-electron chi connectivity index (χ1n) is 6.23. The molecule has 0 saturated carbocycles. The predicted molar refractivity (Wildman–Crippen MR) is 73.9 cm³/mol. The maximum Gasteiger partial charge on any atom is 0.433 e. The van der Waals surface area contributed by atoms with E-state index in [1.807, 2.05) is 19.2 Å². The van der Waals surface area contributed by atoms with Crippen molar-refractivity contribution in [2.45, 2.75) is 32.7 Å². The van der Waals surface area contributed by atoms with Crippen LogP contribution in [0.1, 0.15) is 23.9 Å². The quantitative estimate of drug-likeness (QED) is 0.919. The van der Waals surface area contributed by atoms with E-state index in [1.165, 1.54) is 13.2 Å². The molecular formula is C12H17ClF3N5. The summed E-state index contributed by atoms with van der Waals surface area (Å²) < 4.78 is 41.1. The minimum Gasteiger partial charge on any atom is -0.307 e. The Bertz CT molecular complexity index is 576. The van der Waals surface area contributed by atoms with Crippen LogP contribution in [-0.2, 0) is 32.9 Å². The standard InChI is InChI=1S/C12H16F3N5.ClH/c1-3-20-5-4-10(18-20)8-16-6-9-7-17-19(2)11(9)12(13,14)15;/h4-5,7,16H,3,6,8H2,1-2H3;1H. The number of aryl methyl sites for hydroxylation is 2. The molecule has 2 heterocycles. The fourth-order valence-corrected chi connectivity index (χ4v) is 1.98. The van der Waals surface area contributed by atoms with Gasteiger partial charge in [-0.1, -0.05) is 0 Å². The zero-order valence-electron chi connectivity index (χ0n) is 11.7. The van der Waals surface area contributed by atoms with Crippen molar-refractivity contribution in [3.05, 3.63) is 35.4 Å². The summed E-state index contributed by atoms with van der Waals surface area (Å²) >= 11 is 0. The SMILES string of the molecule is CCn1ccc(CNCc2cnn(C)c2C(F)(F)F)n1.Cl. The minimum atomic E-state index is -4.40. The van der Waals surface area contributed by atoms with E-state index in [1.54, 1.807) is 4.68 Å². The smallest absolute Gasteiger partial charge is 0.307 e. The normalized spacial score (nSPS) is 11.5. The van der Waals surface area contributed by atoms with Gasteiger partial charge < -0.3 is 5.32 Å². The van der Waals surface area contributed by atoms with Gasteiger partial charge in [0, 0.05) is 38.4 Å². The monoisotopic (exact) mass is 323 g/mol. The summed E-state index contributed by atoms with van der Waals surface area (Å²) in [5, 5.41) is 10.9. The third-order valence-corrected chi connectivity index (χ3v) is 2.92. The summed E-state index contributed by atoms with van der Waals surface area (Å²) in [6.45, 7) is 3.25. The number of alkyl halides is 3. The van der Waals surface area contributed by atoms with Crippen LogP contribution < -0.4 is 5.32 Å². The van der Waals surface area contributed by atoms with Crippen LogP contribution in [0.3, 0.4) is 0 Å². The zero-order chi connectivity index (χ0) is 14.8. The van der Waals surface area contributed by atoms with Gasteiger partial charge in [0.2, 0.25) is 0 Å². The van der Waals surface area contributed by atoms with Crippen LogP contribution in [0.2, 0.25) is 0 Å². The van der Waals surface area contributed by atoms with Crippen LogP contribution in [0.15, 0.2) is 18.5 Å². The average Bonchev–Trinajstić information content (AvgIpc) is 2.95. The fourth-order valence-electron chi connectivity index (χ4n) is 1.98. The Morgan fingerprint density at radius 2 is 2.00 bits per heavy atom. The summed E-state index contributed by atoms with van der Waals surface area (Å²) in [7, 11) is 1.29. The Kier molecular flexibility index (Phi) is 5.79. The summed E-state index contributed by atoms with van der Waals surface area (Å²) in [4.78, 5) is 0. The van der Waals surface area contributed by atoms with Crippen molar-refractivity contribution in [1.82, 2.24) is 24.9 Å².